The molecular weight excluding hydrogens is 256 g/mol. The molecule has 2 rings (SSSR count). The highest BCUT2D eigenvalue weighted by molar-refractivity contribution is 5.87. The molecule has 1 aromatic rings. The monoisotopic (exact) mass is 278 g/mol. The molecule has 1 saturated heterocycles. The van der Waals surface area contributed by atoms with Crippen LogP contribution in [0.5, 0.6) is 0 Å². The average Bonchev–Trinajstić information content (AvgIpc) is 2.36. The van der Waals surface area contributed by atoms with Gasteiger partial charge >= 0.3 is 5.97 Å². The van der Waals surface area contributed by atoms with Gasteiger partial charge in [-0.15, -0.1) is 0 Å². The summed E-state index contributed by atoms with van der Waals surface area (Å²) in [6, 6.07) is 5.15. The molecule has 0 spiro atoms. The van der Waals surface area contributed by atoms with Crippen LogP contribution in [0.4, 0.5) is 0 Å². The number of aromatic nitrogens is 1. The smallest absolute Gasteiger partial charge is 0.357 e. The third kappa shape index (κ3) is 2.99. The Balaban J connectivity index is 2.09. The molecule has 5 heteroatoms. The van der Waals surface area contributed by atoms with Crippen LogP contribution in [0, 0.1) is 0 Å². The minimum Gasteiger partial charge on any atom is -0.458 e. The van der Waals surface area contributed by atoms with Gasteiger partial charge in [0.1, 0.15) is 11.8 Å². The second-order valence-corrected chi connectivity index (χ2v) is 6.59. The predicted molar refractivity (Wildman–Crippen MR) is 74.5 cm³/mol. The number of carbonyl (C=O) groups excluding carboxylic acids is 1. The van der Waals surface area contributed by atoms with Crippen LogP contribution >= 0.6 is 0 Å². The molecule has 20 heavy (non-hydrogen) atoms. The van der Waals surface area contributed by atoms with Gasteiger partial charge in [0, 0.05) is 30.1 Å². The Morgan fingerprint density at radius 3 is 2.40 bits per heavy atom. The van der Waals surface area contributed by atoms with Crippen molar-refractivity contribution in [3.8, 4) is 0 Å². The molecule has 1 N–H and O–H groups in total. The Morgan fingerprint density at radius 1 is 1.30 bits per heavy atom. The first-order chi connectivity index (χ1) is 9.22. The number of carbonyl (C=O) groups is 1. The van der Waals surface area contributed by atoms with Crippen molar-refractivity contribution in [2.45, 2.75) is 57.7 Å². The van der Waals surface area contributed by atoms with E-state index in [2.05, 4.69) is 4.98 Å². The summed E-state index contributed by atoms with van der Waals surface area (Å²) >= 11 is 0. The third-order valence-corrected chi connectivity index (χ3v) is 3.75. The largest absolute Gasteiger partial charge is 0.458 e. The lowest BCUT2D eigenvalue weighted by molar-refractivity contribution is -0.256. The summed E-state index contributed by atoms with van der Waals surface area (Å²) in [4.78, 5) is 16.1. The van der Waals surface area contributed by atoms with Crippen molar-refractivity contribution in [3.63, 3.8) is 0 Å². The molecule has 5 nitrogen and oxygen atoms in total. The van der Waals surface area contributed by atoms with E-state index in [1.54, 1.807) is 24.4 Å². The molecule has 0 radical (unpaired) electrons. The van der Waals surface area contributed by atoms with Crippen LogP contribution < -0.4 is 0 Å². The molecule has 0 saturated carbocycles. The number of esters is 1. The number of piperidine rings is 1. The van der Waals surface area contributed by atoms with Crippen LogP contribution in [-0.2, 0) is 4.74 Å². The fraction of sp³-hybridized carbons (Fsp3) is 0.600. The number of hydrogen-bond donors (Lipinski definition) is 1. The number of hydrogen-bond acceptors (Lipinski definition) is 5. The number of nitrogens with zero attached hydrogens (tertiary/aromatic N) is 2. The van der Waals surface area contributed by atoms with Gasteiger partial charge in [-0.25, -0.2) is 9.78 Å². The third-order valence-electron chi connectivity index (χ3n) is 3.75. The molecule has 1 aromatic heterocycles. The molecule has 110 valence electrons. The molecular formula is C15H22N2O3. The summed E-state index contributed by atoms with van der Waals surface area (Å²) in [6.07, 6.45) is 2.52. The minimum absolute atomic E-state index is 0.224. The maximum Gasteiger partial charge on any atom is 0.357 e. The molecule has 0 aromatic carbocycles. The Morgan fingerprint density at radius 2 is 1.90 bits per heavy atom. The van der Waals surface area contributed by atoms with E-state index in [4.69, 9.17) is 4.74 Å². The van der Waals surface area contributed by atoms with Gasteiger partial charge in [0.15, 0.2) is 0 Å². The first-order valence-corrected chi connectivity index (χ1v) is 6.84. The standard InChI is InChI=1S/C15H22N2O3/c1-14(2)9-11(10-15(3,4)17(14)19)20-13(18)12-7-5-6-8-16-12/h5-8,11,19H,9-10H2,1-4H3. The Bertz CT molecular complexity index is 467. The van der Waals surface area contributed by atoms with Gasteiger partial charge in [0.25, 0.3) is 0 Å². The summed E-state index contributed by atoms with van der Waals surface area (Å²) in [5.41, 5.74) is -0.553. The first kappa shape index (κ1) is 14.9. The maximum absolute atomic E-state index is 12.1. The lowest BCUT2D eigenvalue weighted by Crippen LogP contribution is -2.60. The lowest BCUT2D eigenvalue weighted by Gasteiger charge is -2.50. The Labute approximate surface area is 119 Å². The van der Waals surface area contributed by atoms with Crippen molar-refractivity contribution in [1.82, 2.24) is 10.0 Å². The summed E-state index contributed by atoms with van der Waals surface area (Å²) < 4.78 is 5.56. The van der Waals surface area contributed by atoms with Crippen molar-refractivity contribution >= 4 is 5.97 Å². The van der Waals surface area contributed by atoms with E-state index in [0.717, 1.165) is 0 Å². The van der Waals surface area contributed by atoms with E-state index in [9.17, 15) is 10.0 Å². The zero-order chi connectivity index (χ0) is 15.0. The zero-order valence-corrected chi connectivity index (χ0v) is 12.5. The van der Waals surface area contributed by atoms with Gasteiger partial charge in [0.05, 0.1) is 0 Å². The minimum atomic E-state index is -0.434. The molecule has 0 bridgehead atoms. The van der Waals surface area contributed by atoms with E-state index in [1.165, 1.54) is 5.06 Å². The van der Waals surface area contributed by atoms with Crippen molar-refractivity contribution in [2.75, 3.05) is 0 Å². The van der Waals surface area contributed by atoms with Crippen molar-refractivity contribution < 1.29 is 14.7 Å². The number of ether oxygens (including phenoxy) is 1. The average molecular weight is 278 g/mol. The van der Waals surface area contributed by atoms with Gasteiger partial charge in [-0.2, -0.15) is 5.06 Å². The van der Waals surface area contributed by atoms with Crippen LogP contribution in [0.15, 0.2) is 24.4 Å². The van der Waals surface area contributed by atoms with Crippen molar-refractivity contribution in [3.05, 3.63) is 30.1 Å². The van der Waals surface area contributed by atoms with E-state index in [1.807, 2.05) is 27.7 Å². The first-order valence-electron chi connectivity index (χ1n) is 6.84. The summed E-state index contributed by atoms with van der Waals surface area (Å²) in [5, 5.41) is 11.6. The van der Waals surface area contributed by atoms with E-state index < -0.39 is 17.0 Å². The molecule has 0 amide bonds. The van der Waals surface area contributed by atoms with Gasteiger partial charge in [0.2, 0.25) is 0 Å². The molecule has 1 fully saturated rings. The van der Waals surface area contributed by atoms with Crippen LogP contribution in [0.2, 0.25) is 0 Å². The van der Waals surface area contributed by atoms with Gasteiger partial charge < -0.3 is 9.94 Å². The lowest BCUT2D eigenvalue weighted by atomic mass is 9.80. The van der Waals surface area contributed by atoms with Crippen LogP contribution in [0.1, 0.15) is 51.0 Å². The van der Waals surface area contributed by atoms with E-state index >= 15 is 0 Å². The van der Waals surface area contributed by atoms with Crippen LogP contribution in [-0.4, -0.2) is 38.4 Å². The van der Waals surface area contributed by atoms with Crippen molar-refractivity contribution in [2.24, 2.45) is 0 Å². The topological polar surface area (TPSA) is 62.7 Å². The fourth-order valence-electron chi connectivity index (χ4n) is 2.96. The fourth-order valence-corrected chi connectivity index (χ4v) is 2.96. The van der Waals surface area contributed by atoms with Crippen LogP contribution in [0.3, 0.4) is 0 Å². The van der Waals surface area contributed by atoms with Crippen LogP contribution in [0.25, 0.3) is 0 Å². The summed E-state index contributed by atoms with van der Waals surface area (Å²) in [5.74, 6) is -0.409. The number of pyridine rings is 1. The molecule has 0 unspecified atom stereocenters. The molecule has 0 atom stereocenters. The van der Waals surface area contributed by atoms with Gasteiger partial charge in [-0.1, -0.05) is 6.07 Å². The molecule has 1 aliphatic heterocycles. The zero-order valence-electron chi connectivity index (χ0n) is 12.5. The maximum atomic E-state index is 12.1. The number of hydroxylamine groups is 2. The second-order valence-electron chi connectivity index (χ2n) is 6.59. The molecule has 0 aliphatic carbocycles. The second kappa shape index (κ2) is 5.14. The summed E-state index contributed by atoms with van der Waals surface area (Å²) in [6.45, 7) is 7.76. The highest BCUT2D eigenvalue weighted by Gasteiger charge is 2.46. The molecule has 1 aliphatic rings. The predicted octanol–water partition coefficient (Wildman–Crippen LogP) is 2.65. The normalized spacial score (nSPS) is 22.4. The quantitative estimate of drug-likeness (QED) is 0.843. The molecule has 2 heterocycles. The van der Waals surface area contributed by atoms with Crippen molar-refractivity contribution in [1.29, 1.82) is 0 Å². The van der Waals surface area contributed by atoms with E-state index in [-0.39, 0.29) is 6.10 Å². The summed E-state index contributed by atoms with van der Waals surface area (Å²) in [7, 11) is 0. The SMILES string of the molecule is CC1(C)CC(OC(=O)c2ccccn2)CC(C)(C)N1O. The Kier molecular flexibility index (Phi) is 3.84. The van der Waals surface area contributed by atoms with E-state index in [0.29, 0.717) is 18.5 Å². The Hall–Kier alpha value is -1.46. The van der Waals surface area contributed by atoms with Gasteiger partial charge in [-0.05, 0) is 39.8 Å². The highest BCUT2D eigenvalue weighted by Crippen LogP contribution is 2.38. The van der Waals surface area contributed by atoms with Gasteiger partial charge in [-0.3, -0.25) is 0 Å². The number of rotatable bonds is 2. The highest BCUT2D eigenvalue weighted by atomic mass is 16.5.